The number of hydroxylamine groups is 2. The van der Waals surface area contributed by atoms with Gasteiger partial charge in [0.05, 0.1) is 139 Å². The number of rotatable bonds is 57. The smallest absolute Gasteiger partial charge is 0.355 e. The lowest BCUT2D eigenvalue weighted by Gasteiger charge is -2.42. The number of carbonyl (C=O) groups is 10. The second kappa shape index (κ2) is 53.7. The molecule has 0 bridgehead atoms. The molecule has 0 aromatic heterocycles. The first-order valence-electron chi connectivity index (χ1n) is 35.3. The molecular formula is C64H110N8O35. The van der Waals surface area contributed by atoms with Crippen LogP contribution in [-0.2, 0) is 124 Å². The molecule has 4 saturated heterocycles. The number of ether oxygens (including phenoxy) is 15. The van der Waals surface area contributed by atoms with E-state index in [0.717, 1.165) is 0 Å². The monoisotopic (exact) mass is 1550 g/mol. The topological polar surface area (TPSA) is 588 Å². The number of imide groups is 1. The van der Waals surface area contributed by atoms with Gasteiger partial charge in [-0.1, -0.05) is 0 Å². The van der Waals surface area contributed by atoms with Gasteiger partial charge in [-0.25, -0.2) is 4.79 Å². The van der Waals surface area contributed by atoms with Gasteiger partial charge in [-0.05, 0) is 38.5 Å². The van der Waals surface area contributed by atoms with Crippen LogP contribution in [0.15, 0.2) is 0 Å². The minimum Gasteiger partial charge on any atom is -0.394 e. The van der Waals surface area contributed by atoms with E-state index in [2.05, 4.69) is 37.2 Å². The molecule has 0 aliphatic carbocycles. The molecule has 4 aliphatic rings. The SMILES string of the molecule is CC(=O)N[C@H]1C(OCCOCCOCCOCC(=O)NC(CCCCNC(=O)COCCOCCOCCOC2O[C@H](CO)C(O)[C@H](O)[C@H]2NC(C)=O)C(=O)NC(CCCCNC(=O)COCCOCCOCCOC2O[C@H](CO)C(O)[C@H](O)[C@H]2NC(C)=O)C(=O)ON2C(=O)CCC2=O)O[C@H](CO)[C@H](O)[C@@H]1O. The lowest BCUT2D eigenvalue weighted by Crippen LogP contribution is -2.64. The molecule has 4 aliphatic heterocycles. The maximum Gasteiger partial charge on any atom is 0.355 e. The van der Waals surface area contributed by atoms with Gasteiger partial charge in [-0.2, -0.15) is 0 Å². The normalized spacial score (nSPS) is 25.7. The van der Waals surface area contributed by atoms with Crippen molar-refractivity contribution >= 4 is 59.1 Å². The van der Waals surface area contributed by atoms with Crippen LogP contribution in [0.1, 0.15) is 72.1 Å². The molecule has 4 fully saturated rings. The molecule has 0 saturated carbocycles. The molecule has 0 aromatic carbocycles. The van der Waals surface area contributed by atoms with Gasteiger partial charge >= 0.3 is 5.97 Å². The average molecular weight is 1550 g/mol. The summed E-state index contributed by atoms with van der Waals surface area (Å²) in [7, 11) is 0. The van der Waals surface area contributed by atoms with E-state index in [0.29, 0.717) is 5.06 Å². The van der Waals surface area contributed by atoms with E-state index in [9.17, 15) is 93.9 Å². The summed E-state index contributed by atoms with van der Waals surface area (Å²) in [6, 6.07) is -6.13. The Kier molecular flexibility index (Phi) is 46.9. The minimum atomic E-state index is -1.49. The van der Waals surface area contributed by atoms with Crippen LogP contribution in [-0.4, -0.2) is 386 Å². The zero-order chi connectivity index (χ0) is 78.5. The molecule has 107 heavy (non-hydrogen) atoms. The Morgan fingerprint density at radius 3 is 1.02 bits per heavy atom. The molecule has 7 unspecified atom stereocenters. The quantitative estimate of drug-likeness (QED) is 0.0199. The molecule has 4 rings (SSSR count). The van der Waals surface area contributed by atoms with Crippen molar-refractivity contribution in [3.8, 4) is 0 Å². The molecule has 0 radical (unpaired) electrons. The summed E-state index contributed by atoms with van der Waals surface area (Å²) < 4.78 is 82.5. The fourth-order valence-electron chi connectivity index (χ4n) is 10.7. The highest BCUT2D eigenvalue weighted by Crippen LogP contribution is 2.25. The Labute approximate surface area is 617 Å². The van der Waals surface area contributed by atoms with Crippen molar-refractivity contribution in [2.24, 2.45) is 0 Å². The predicted octanol–water partition coefficient (Wildman–Crippen LogP) is -9.83. The third-order valence-corrected chi connectivity index (χ3v) is 16.1. The molecule has 4 heterocycles. The zero-order valence-corrected chi connectivity index (χ0v) is 60.4. The highest BCUT2D eigenvalue weighted by Gasteiger charge is 2.48. The molecule has 17 atom stereocenters. The molecule has 43 heteroatoms. The highest BCUT2D eigenvalue weighted by atomic mass is 16.7. The number of aliphatic hydroxyl groups excluding tert-OH is 9. The van der Waals surface area contributed by atoms with E-state index in [1.54, 1.807) is 0 Å². The number of nitrogens with one attached hydrogen (secondary N) is 7. The van der Waals surface area contributed by atoms with Crippen LogP contribution in [0.4, 0.5) is 0 Å². The largest absolute Gasteiger partial charge is 0.394 e. The minimum absolute atomic E-state index is 0.00363. The Hall–Kier alpha value is -6.06. The number of hydrogen-bond donors (Lipinski definition) is 16. The Morgan fingerprint density at radius 1 is 0.402 bits per heavy atom. The van der Waals surface area contributed by atoms with E-state index in [1.165, 1.54) is 20.8 Å². The summed E-state index contributed by atoms with van der Waals surface area (Å²) in [5.74, 6) is -6.80. The number of carbonyl (C=O) groups excluding carboxylic acids is 10. The maximum atomic E-state index is 14.1. The van der Waals surface area contributed by atoms with Crippen molar-refractivity contribution in [3.63, 3.8) is 0 Å². The van der Waals surface area contributed by atoms with Gasteiger partial charge in [0.25, 0.3) is 11.8 Å². The molecular weight excluding hydrogens is 1440 g/mol. The van der Waals surface area contributed by atoms with Crippen molar-refractivity contribution < 1.29 is 170 Å². The van der Waals surface area contributed by atoms with Crippen LogP contribution in [0.25, 0.3) is 0 Å². The first kappa shape index (κ1) is 93.3. The fourth-order valence-corrected chi connectivity index (χ4v) is 10.7. The number of nitrogens with zero attached hydrogens (tertiary/aromatic N) is 1. The second-order valence-electron chi connectivity index (χ2n) is 24.6. The van der Waals surface area contributed by atoms with Crippen LogP contribution < -0.4 is 37.2 Å². The first-order chi connectivity index (χ1) is 51.4. The zero-order valence-electron chi connectivity index (χ0n) is 60.4. The highest BCUT2D eigenvalue weighted by molar-refractivity contribution is 6.02. The summed E-state index contributed by atoms with van der Waals surface area (Å²) in [5.41, 5.74) is 0. The third-order valence-electron chi connectivity index (χ3n) is 16.1. The summed E-state index contributed by atoms with van der Waals surface area (Å²) in [6.45, 7) is 1.80. The summed E-state index contributed by atoms with van der Waals surface area (Å²) in [5, 5.41) is 109. The van der Waals surface area contributed by atoms with Gasteiger partial charge in [0.2, 0.25) is 41.4 Å². The van der Waals surface area contributed by atoms with Gasteiger partial charge in [0.15, 0.2) is 18.9 Å². The van der Waals surface area contributed by atoms with E-state index in [4.69, 9.17) is 75.9 Å². The van der Waals surface area contributed by atoms with Crippen LogP contribution in [0.5, 0.6) is 0 Å². The summed E-state index contributed by atoms with van der Waals surface area (Å²) in [4.78, 5) is 131. The predicted molar refractivity (Wildman–Crippen MR) is 356 cm³/mol. The van der Waals surface area contributed by atoms with Gasteiger partial charge in [-0.3, -0.25) is 43.2 Å². The van der Waals surface area contributed by atoms with Crippen molar-refractivity contribution in [2.75, 3.05) is 172 Å². The Balaban J connectivity index is 1.19. The Morgan fingerprint density at radius 2 is 0.701 bits per heavy atom. The average Bonchev–Trinajstić information content (AvgIpc) is 1.79. The molecule has 0 aromatic rings. The lowest BCUT2D eigenvalue weighted by atomic mass is 9.97. The molecule has 43 nitrogen and oxygen atoms in total. The van der Waals surface area contributed by atoms with E-state index >= 15 is 0 Å². The summed E-state index contributed by atoms with van der Waals surface area (Å²) in [6.07, 6.45) is -15.5. The molecule has 616 valence electrons. The van der Waals surface area contributed by atoms with Crippen LogP contribution >= 0.6 is 0 Å². The second-order valence-corrected chi connectivity index (χ2v) is 24.6. The van der Waals surface area contributed by atoms with Gasteiger partial charge < -0.3 is 159 Å². The van der Waals surface area contributed by atoms with Crippen LogP contribution in [0.2, 0.25) is 0 Å². The first-order valence-corrected chi connectivity index (χ1v) is 35.3. The number of unbranched alkanes of at least 4 members (excludes halogenated alkanes) is 2. The van der Waals surface area contributed by atoms with Crippen LogP contribution in [0, 0.1) is 0 Å². The Bertz CT molecular complexity index is 2610. The van der Waals surface area contributed by atoms with Gasteiger partial charge in [0, 0.05) is 46.7 Å². The van der Waals surface area contributed by atoms with E-state index in [-0.39, 0.29) is 197 Å². The molecule has 16 N–H and O–H groups in total. The molecule has 9 amide bonds. The van der Waals surface area contributed by atoms with Crippen molar-refractivity contribution in [3.05, 3.63) is 0 Å². The van der Waals surface area contributed by atoms with Gasteiger partial charge in [-0.15, -0.1) is 5.06 Å². The standard InChI is InChI=1S/C64H110N8O35/c1-38(76)67-51-57(87)54(84)43(32-73)104-62(51)101-29-26-95-17-14-92-20-23-98-35-46(79)65-12-6-4-8-41(70-48(81)37-100-25-22-94-16-19-97-28-31-103-64-53(69-40(3)78)59(89)56(86)45(34-75)106-64)60(90)71-42(61(91)107-72-49(82)10-11-50(72)83)9-5-7-13-66-47(80)36-99-24-21-93-15-18-96-27-30-102-63-52(68-39(2)77)58(88)55(85)44(33-74)105-63/h41-45,51-59,62-64,73-75,84-89H,4-37H2,1-3H3,(H,65,79)(H,66,80)(H,67,76)(H,68,77)(H,69,78)(H,70,81)(H,71,90)/t41?,42?,43-,44-,45-,51-,52-,53-,54?,55?,56+,57-,58-,59-,62?,63?,64?/m1/s1. The van der Waals surface area contributed by atoms with Crippen molar-refractivity contribution in [1.82, 2.24) is 42.3 Å². The lowest BCUT2D eigenvalue weighted by molar-refractivity contribution is -0.272. The van der Waals surface area contributed by atoms with E-state index < -0.39 is 190 Å². The fraction of sp³-hybridized carbons (Fsp3) is 0.844. The number of amides is 9. The van der Waals surface area contributed by atoms with Crippen molar-refractivity contribution in [2.45, 2.75) is 176 Å². The van der Waals surface area contributed by atoms with Crippen molar-refractivity contribution in [1.29, 1.82) is 0 Å². The van der Waals surface area contributed by atoms with Gasteiger partial charge in [0.1, 0.15) is 105 Å². The van der Waals surface area contributed by atoms with Crippen LogP contribution in [0.3, 0.4) is 0 Å². The maximum absolute atomic E-state index is 14.1. The third kappa shape index (κ3) is 36.1. The van der Waals surface area contributed by atoms with E-state index in [1.807, 2.05) is 0 Å². The number of aliphatic hydroxyl groups is 9. The summed E-state index contributed by atoms with van der Waals surface area (Å²) >= 11 is 0. The number of hydrogen-bond acceptors (Lipinski definition) is 35. The molecule has 0 spiro atoms.